The molecule has 8 aromatic rings. The minimum atomic E-state index is -0.143. The van der Waals surface area contributed by atoms with Crippen LogP contribution in [0.15, 0.2) is 59.3 Å². The first-order valence-electron chi connectivity index (χ1n) is 10.3. The zero-order valence-electron chi connectivity index (χ0n) is 17.0. The number of rotatable bonds is 2. The second kappa shape index (κ2) is 7.16. The fraction of sp³-hybridized carbons (Fsp3) is 0. The van der Waals surface area contributed by atoms with Crippen LogP contribution in [0.2, 0.25) is 0 Å². The molecule has 0 aliphatic rings. The van der Waals surface area contributed by atoms with Crippen LogP contribution in [0.3, 0.4) is 0 Å². The molecule has 0 radical (unpaired) electrons. The van der Waals surface area contributed by atoms with Gasteiger partial charge in [0.2, 0.25) is 0 Å². The van der Waals surface area contributed by atoms with Crippen LogP contribution in [0, 0.1) is 11.6 Å². The maximum atomic E-state index is 14.1. The van der Waals surface area contributed by atoms with Crippen molar-refractivity contribution in [2.24, 2.45) is 0 Å². The molecule has 6 heterocycles. The lowest BCUT2D eigenvalue weighted by atomic mass is 10.1. The molecule has 0 saturated carbocycles. The van der Waals surface area contributed by atoms with Gasteiger partial charge >= 0.3 is 0 Å². The molecule has 164 valence electrons. The normalized spacial score (nSPS) is 12.4. The van der Waals surface area contributed by atoms with Crippen molar-refractivity contribution in [2.45, 2.75) is 0 Å². The standard InChI is InChI=1S/C26H10F2S6/c27-15-1-3-29-25(15)21-7-11-5-19-13(9-17(11)31-21)23-24(33-19)14-10-18-12(6-20(14)34-23)8-22(32-18)26-16(28)2-4-30-26/h1-10H. The van der Waals surface area contributed by atoms with Crippen LogP contribution >= 0.6 is 68.0 Å². The predicted molar refractivity (Wildman–Crippen MR) is 152 cm³/mol. The third-order valence-corrected chi connectivity index (χ3v) is 12.9. The Morgan fingerprint density at radius 3 is 1.38 bits per heavy atom. The molecular weight excluding hydrogens is 543 g/mol. The van der Waals surface area contributed by atoms with E-state index in [2.05, 4.69) is 36.4 Å². The van der Waals surface area contributed by atoms with Crippen molar-refractivity contribution >= 4 is 118 Å². The maximum absolute atomic E-state index is 14.1. The molecule has 0 N–H and O–H groups in total. The van der Waals surface area contributed by atoms with Gasteiger partial charge in [-0.1, -0.05) is 0 Å². The third kappa shape index (κ3) is 2.81. The van der Waals surface area contributed by atoms with Gasteiger partial charge in [0.05, 0.1) is 19.2 Å². The molecule has 0 aliphatic carbocycles. The van der Waals surface area contributed by atoms with Gasteiger partial charge in [-0.05, 0) is 70.1 Å². The minimum Gasteiger partial charge on any atom is -0.205 e. The van der Waals surface area contributed by atoms with E-state index in [-0.39, 0.29) is 11.6 Å². The first kappa shape index (κ1) is 20.0. The van der Waals surface area contributed by atoms with Gasteiger partial charge in [0.15, 0.2) is 0 Å². The highest BCUT2D eigenvalue weighted by molar-refractivity contribution is 7.37. The molecule has 0 nitrogen and oxygen atoms in total. The van der Waals surface area contributed by atoms with Crippen LogP contribution in [0.25, 0.3) is 69.3 Å². The van der Waals surface area contributed by atoms with E-state index < -0.39 is 0 Å². The molecule has 2 aromatic carbocycles. The Kier molecular flexibility index (Phi) is 4.22. The summed E-state index contributed by atoms with van der Waals surface area (Å²) in [5.74, 6) is -0.287. The van der Waals surface area contributed by atoms with Gasteiger partial charge in [-0.25, -0.2) is 8.78 Å². The summed E-state index contributed by atoms with van der Waals surface area (Å²) in [5, 5.41) is 8.50. The number of hydrogen-bond donors (Lipinski definition) is 0. The topological polar surface area (TPSA) is 0 Å². The Hall–Kier alpha value is -2.20. The van der Waals surface area contributed by atoms with Crippen molar-refractivity contribution in [3.63, 3.8) is 0 Å². The van der Waals surface area contributed by atoms with Gasteiger partial charge in [0.1, 0.15) is 11.6 Å². The lowest BCUT2D eigenvalue weighted by Gasteiger charge is -1.93. The van der Waals surface area contributed by atoms with Crippen LogP contribution in [0.5, 0.6) is 0 Å². The summed E-state index contributed by atoms with van der Waals surface area (Å²) < 4.78 is 35.8. The van der Waals surface area contributed by atoms with Gasteiger partial charge in [-0.3, -0.25) is 0 Å². The lowest BCUT2D eigenvalue weighted by molar-refractivity contribution is 0.636. The molecule has 0 fully saturated rings. The van der Waals surface area contributed by atoms with Crippen molar-refractivity contribution < 1.29 is 8.78 Å². The minimum absolute atomic E-state index is 0.143. The van der Waals surface area contributed by atoms with Gasteiger partial charge in [0.25, 0.3) is 0 Å². The molecule has 34 heavy (non-hydrogen) atoms. The van der Waals surface area contributed by atoms with Crippen LogP contribution in [-0.2, 0) is 0 Å². The summed E-state index contributed by atoms with van der Waals surface area (Å²) in [6.07, 6.45) is 0. The molecule has 0 atom stereocenters. The summed E-state index contributed by atoms with van der Waals surface area (Å²) in [6, 6.07) is 16.4. The predicted octanol–water partition coefficient (Wildman–Crippen LogP) is 11.4. The first-order chi connectivity index (χ1) is 16.6. The number of halogens is 2. The summed E-state index contributed by atoms with van der Waals surface area (Å²) in [6.45, 7) is 0. The van der Waals surface area contributed by atoms with Crippen molar-refractivity contribution in [1.82, 2.24) is 0 Å². The van der Waals surface area contributed by atoms with E-state index in [0.29, 0.717) is 0 Å². The highest BCUT2D eigenvalue weighted by Crippen LogP contribution is 2.49. The van der Waals surface area contributed by atoms with E-state index in [9.17, 15) is 8.78 Å². The molecule has 6 aromatic heterocycles. The van der Waals surface area contributed by atoms with Gasteiger partial charge in [0, 0.05) is 39.3 Å². The molecule has 0 unspecified atom stereocenters. The van der Waals surface area contributed by atoms with E-state index in [4.69, 9.17) is 0 Å². The van der Waals surface area contributed by atoms with E-state index in [1.807, 2.05) is 22.7 Å². The molecule has 0 saturated heterocycles. The zero-order chi connectivity index (χ0) is 22.6. The Bertz CT molecular complexity index is 1910. The molecule has 8 heteroatoms. The third-order valence-electron chi connectivity index (χ3n) is 6.04. The second-order valence-corrected chi connectivity index (χ2v) is 14.2. The van der Waals surface area contributed by atoms with E-state index in [1.54, 1.807) is 33.4 Å². The van der Waals surface area contributed by atoms with Crippen LogP contribution < -0.4 is 0 Å². The average Bonchev–Trinajstić information content (AvgIpc) is 3.63. The summed E-state index contributed by atoms with van der Waals surface area (Å²) in [5.41, 5.74) is 0. The van der Waals surface area contributed by atoms with Crippen molar-refractivity contribution in [2.75, 3.05) is 0 Å². The summed E-state index contributed by atoms with van der Waals surface area (Å²) >= 11 is 9.88. The maximum Gasteiger partial charge on any atom is 0.142 e. The summed E-state index contributed by atoms with van der Waals surface area (Å²) in [4.78, 5) is 3.42. The highest BCUT2D eigenvalue weighted by Gasteiger charge is 2.18. The molecule has 8 rings (SSSR count). The Balaban J connectivity index is 1.33. The van der Waals surface area contributed by atoms with E-state index >= 15 is 0 Å². The van der Waals surface area contributed by atoms with Crippen molar-refractivity contribution in [3.05, 3.63) is 70.9 Å². The Labute approximate surface area is 215 Å². The lowest BCUT2D eigenvalue weighted by Crippen LogP contribution is -1.68. The second-order valence-electron chi connectivity index (χ2n) is 8.05. The monoisotopic (exact) mass is 552 g/mol. The summed E-state index contributed by atoms with van der Waals surface area (Å²) in [7, 11) is 0. The largest absolute Gasteiger partial charge is 0.205 e. The first-order valence-corrected chi connectivity index (χ1v) is 15.4. The van der Waals surface area contributed by atoms with Crippen molar-refractivity contribution in [3.8, 4) is 19.5 Å². The quantitative estimate of drug-likeness (QED) is 0.200. The Morgan fingerprint density at radius 1 is 0.500 bits per heavy atom. The van der Waals surface area contributed by atoms with Gasteiger partial charge in [-0.15, -0.1) is 68.0 Å². The highest BCUT2D eigenvalue weighted by atomic mass is 32.1. The molecule has 0 aliphatic heterocycles. The average molecular weight is 553 g/mol. The zero-order valence-corrected chi connectivity index (χ0v) is 21.9. The Morgan fingerprint density at radius 2 is 0.971 bits per heavy atom. The molecule has 0 bridgehead atoms. The van der Waals surface area contributed by atoms with E-state index in [1.165, 1.54) is 84.6 Å². The van der Waals surface area contributed by atoms with Crippen LogP contribution in [-0.4, -0.2) is 0 Å². The van der Waals surface area contributed by atoms with Gasteiger partial charge in [-0.2, -0.15) is 0 Å². The number of thiophene rings is 6. The molecular formula is C26H10F2S6. The fourth-order valence-electron chi connectivity index (χ4n) is 4.49. The van der Waals surface area contributed by atoms with Crippen LogP contribution in [0.4, 0.5) is 8.78 Å². The number of fused-ring (bicyclic) bond motifs is 7. The van der Waals surface area contributed by atoms with Crippen molar-refractivity contribution in [1.29, 1.82) is 0 Å². The van der Waals surface area contributed by atoms with E-state index in [0.717, 1.165) is 19.5 Å². The number of benzene rings is 2. The SMILES string of the molecule is Fc1ccsc1-c1cc2cc3sc4c5cc6sc(-c7sccc7F)cc6cc5sc4c3cc2s1. The smallest absolute Gasteiger partial charge is 0.142 e. The molecule has 0 amide bonds. The van der Waals surface area contributed by atoms with Gasteiger partial charge < -0.3 is 0 Å². The fourth-order valence-corrected chi connectivity index (χ4v) is 11.1. The van der Waals surface area contributed by atoms with Crippen LogP contribution in [0.1, 0.15) is 0 Å². The number of hydrogen-bond acceptors (Lipinski definition) is 6. The molecule has 0 spiro atoms.